The lowest BCUT2D eigenvalue weighted by Crippen LogP contribution is -1.96. The molecule has 3 heteroatoms. The summed E-state index contributed by atoms with van der Waals surface area (Å²) >= 11 is 0. The summed E-state index contributed by atoms with van der Waals surface area (Å²) in [5.41, 5.74) is 10.5. The van der Waals surface area contributed by atoms with Crippen LogP contribution in [0.15, 0.2) is 164 Å². The van der Waals surface area contributed by atoms with Crippen molar-refractivity contribution in [2.45, 2.75) is 0 Å². The zero-order valence-electron chi connectivity index (χ0n) is 23.9. The first-order chi connectivity index (χ1) is 21.8. The van der Waals surface area contributed by atoms with Crippen LogP contribution in [0.3, 0.4) is 0 Å². The van der Waals surface area contributed by atoms with Crippen molar-refractivity contribution >= 4 is 21.7 Å². The normalized spacial score (nSPS) is 11.2. The Kier molecular flexibility index (Phi) is 6.47. The van der Waals surface area contributed by atoms with Gasteiger partial charge in [0.15, 0.2) is 5.82 Å². The van der Waals surface area contributed by atoms with Gasteiger partial charge in [-0.2, -0.15) is 0 Å². The fourth-order valence-corrected chi connectivity index (χ4v) is 5.91. The molecule has 6 aromatic carbocycles. The van der Waals surface area contributed by atoms with Gasteiger partial charge in [0, 0.05) is 33.8 Å². The SMILES string of the molecule is c1ccc(-c2ccc(-c3cc(-c4ccc(-c5cccc6cccnc56)cc4)nc(-c4cccc5ccccc45)n3)cc2)cc1. The molecule has 0 aliphatic carbocycles. The number of para-hydroxylation sites is 1. The van der Waals surface area contributed by atoms with Gasteiger partial charge in [0.2, 0.25) is 0 Å². The molecule has 0 radical (unpaired) electrons. The van der Waals surface area contributed by atoms with Crippen LogP contribution in [0.1, 0.15) is 0 Å². The third-order valence-electron chi connectivity index (χ3n) is 8.17. The molecule has 0 aliphatic heterocycles. The van der Waals surface area contributed by atoms with E-state index in [9.17, 15) is 0 Å². The minimum Gasteiger partial charge on any atom is -0.256 e. The first-order valence-electron chi connectivity index (χ1n) is 14.8. The van der Waals surface area contributed by atoms with Crippen molar-refractivity contribution in [3.8, 4) is 56.2 Å². The van der Waals surface area contributed by atoms with E-state index in [0.717, 1.165) is 55.5 Å². The zero-order chi connectivity index (χ0) is 29.3. The monoisotopic (exact) mass is 561 g/mol. The summed E-state index contributed by atoms with van der Waals surface area (Å²) in [6.07, 6.45) is 1.85. The number of aromatic nitrogens is 3. The lowest BCUT2D eigenvalue weighted by Gasteiger charge is -2.12. The van der Waals surface area contributed by atoms with E-state index in [1.54, 1.807) is 0 Å². The molecule has 0 atom stereocenters. The Labute approximate surface area is 256 Å². The second kappa shape index (κ2) is 11.0. The van der Waals surface area contributed by atoms with Gasteiger partial charge in [-0.15, -0.1) is 0 Å². The Bertz CT molecular complexity index is 2240. The minimum atomic E-state index is 0.712. The summed E-state index contributed by atoms with van der Waals surface area (Å²) in [6, 6.07) is 54.9. The van der Waals surface area contributed by atoms with Gasteiger partial charge in [-0.25, -0.2) is 9.97 Å². The highest BCUT2D eigenvalue weighted by Gasteiger charge is 2.14. The lowest BCUT2D eigenvalue weighted by molar-refractivity contribution is 1.19. The van der Waals surface area contributed by atoms with Crippen LogP contribution in [0.2, 0.25) is 0 Å². The fraction of sp³-hybridized carbons (Fsp3) is 0. The first-order valence-corrected chi connectivity index (χ1v) is 14.8. The van der Waals surface area contributed by atoms with Crippen LogP contribution in [0.25, 0.3) is 77.8 Å². The van der Waals surface area contributed by atoms with Crippen LogP contribution in [-0.2, 0) is 0 Å². The van der Waals surface area contributed by atoms with Gasteiger partial charge < -0.3 is 0 Å². The molecule has 0 saturated carbocycles. The van der Waals surface area contributed by atoms with Gasteiger partial charge in [0.05, 0.1) is 16.9 Å². The van der Waals surface area contributed by atoms with E-state index in [1.165, 1.54) is 16.5 Å². The Hall–Kier alpha value is -5.93. The number of hydrogen-bond acceptors (Lipinski definition) is 3. The molecule has 0 amide bonds. The van der Waals surface area contributed by atoms with Crippen molar-refractivity contribution in [2.24, 2.45) is 0 Å². The van der Waals surface area contributed by atoms with Crippen molar-refractivity contribution < 1.29 is 0 Å². The molecule has 0 bridgehead atoms. The summed E-state index contributed by atoms with van der Waals surface area (Å²) in [5.74, 6) is 0.712. The summed E-state index contributed by atoms with van der Waals surface area (Å²) in [7, 11) is 0. The van der Waals surface area contributed by atoms with E-state index in [0.29, 0.717) is 5.82 Å². The molecule has 8 aromatic rings. The third-order valence-corrected chi connectivity index (χ3v) is 8.17. The van der Waals surface area contributed by atoms with Crippen molar-refractivity contribution in [1.82, 2.24) is 15.0 Å². The second-order valence-electron chi connectivity index (χ2n) is 10.9. The number of nitrogens with zero attached hydrogens (tertiary/aromatic N) is 3. The van der Waals surface area contributed by atoms with Gasteiger partial charge in [-0.1, -0.05) is 146 Å². The number of fused-ring (bicyclic) bond motifs is 2. The zero-order valence-corrected chi connectivity index (χ0v) is 23.9. The van der Waals surface area contributed by atoms with Gasteiger partial charge in [0.1, 0.15) is 0 Å². The largest absolute Gasteiger partial charge is 0.256 e. The van der Waals surface area contributed by atoms with Crippen molar-refractivity contribution in [3.63, 3.8) is 0 Å². The Morgan fingerprint density at radius 2 is 0.909 bits per heavy atom. The molecule has 206 valence electrons. The van der Waals surface area contributed by atoms with Gasteiger partial charge >= 0.3 is 0 Å². The van der Waals surface area contributed by atoms with Gasteiger partial charge in [0.25, 0.3) is 0 Å². The average molecular weight is 562 g/mol. The molecule has 0 unspecified atom stereocenters. The maximum absolute atomic E-state index is 5.14. The maximum atomic E-state index is 5.14. The summed E-state index contributed by atoms with van der Waals surface area (Å²) in [6.45, 7) is 0. The topological polar surface area (TPSA) is 38.7 Å². The lowest BCUT2D eigenvalue weighted by atomic mass is 9.98. The van der Waals surface area contributed by atoms with E-state index in [-0.39, 0.29) is 0 Å². The molecule has 44 heavy (non-hydrogen) atoms. The van der Waals surface area contributed by atoms with E-state index in [2.05, 4.69) is 151 Å². The first kappa shape index (κ1) is 25.8. The van der Waals surface area contributed by atoms with Crippen LogP contribution in [0.4, 0.5) is 0 Å². The summed E-state index contributed by atoms with van der Waals surface area (Å²) in [4.78, 5) is 14.9. The molecular weight excluding hydrogens is 534 g/mol. The average Bonchev–Trinajstić information content (AvgIpc) is 3.11. The molecule has 8 rings (SSSR count). The van der Waals surface area contributed by atoms with Crippen molar-refractivity contribution in [3.05, 3.63) is 164 Å². The highest BCUT2D eigenvalue weighted by molar-refractivity contribution is 5.96. The van der Waals surface area contributed by atoms with Crippen LogP contribution in [0.5, 0.6) is 0 Å². The van der Waals surface area contributed by atoms with Gasteiger partial charge in [-0.05, 0) is 39.6 Å². The summed E-state index contributed by atoms with van der Waals surface area (Å²) in [5, 5.41) is 3.43. The predicted molar refractivity (Wildman–Crippen MR) is 182 cm³/mol. The minimum absolute atomic E-state index is 0.712. The molecule has 0 N–H and O–H groups in total. The van der Waals surface area contributed by atoms with Crippen LogP contribution in [-0.4, -0.2) is 15.0 Å². The quantitative estimate of drug-likeness (QED) is 0.210. The van der Waals surface area contributed by atoms with Crippen LogP contribution in [0, 0.1) is 0 Å². The standard InChI is InChI=1S/C41H27N3/c1-2-9-28(10-3-1)29-18-22-32(23-19-29)38-27-39(44-41(43-38)37-17-6-12-30-11-4-5-15-35(30)37)33-24-20-31(21-25-33)36-16-7-13-34-14-8-26-42-40(34)36/h1-27H. The maximum Gasteiger partial charge on any atom is 0.161 e. The predicted octanol–water partition coefficient (Wildman–Crippen LogP) is 10.5. The number of rotatable bonds is 5. The fourth-order valence-electron chi connectivity index (χ4n) is 5.91. The summed E-state index contributed by atoms with van der Waals surface area (Å²) < 4.78 is 0. The smallest absolute Gasteiger partial charge is 0.161 e. The molecule has 3 nitrogen and oxygen atoms in total. The molecule has 0 fully saturated rings. The van der Waals surface area contributed by atoms with E-state index in [4.69, 9.17) is 9.97 Å². The van der Waals surface area contributed by atoms with Gasteiger partial charge in [-0.3, -0.25) is 4.98 Å². The molecule has 0 spiro atoms. The molecular formula is C41H27N3. The van der Waals surface area contributed by atoms with E-state index < -0.39 is 0 Å². The number of pyridine rings is 1. The van der Waals surface area contributed by atoms with Crippen LogP contribution >= 0.6 is 0 Å². The number of benzene rings is 6. The second-order valence-corrected chi connectivity index (χ2v) is 10.9. The highest BCUT2D eigenvalue weighted by atomic mass is 14.9. The number of hydrogen-bond donors (Lipinski definition) is 0. The Balaban J connectivity index is 1.25. The van der Waals surface area contributed by atoms with E-state index >= 15 is 0 Å². The molecule has 2 aromatic heterocycles. The van der Waals surface area contributed by atoms with Crippen molar-refractivity contribution in [1.29, 1.82) is 0 Å². The van der Waals surface area contributed by atoms with E-state index in [1.807, 2.05) is 18.3 Å². The van der Waals surface area contributed by atoms with Crippen molar-refractivity contribution in [2.75, 3.05) is 0 Å². The molecule has 2 heterocycles. The van der Waals surface area contributed by atoms with Crippen LogP contribution < -0.4 is 0 Å². The third kappa shape index (κ3) is 4.81. The molecule has 0 aliphatic rings. The highest BCUT2D eigenvalue weighted by Crippen LogP contribution is 2.34. The Morgan fingerprint density at radius 1 is 0.364 bits per heavy atom. The molecule has 0 saturated heterocycles. The Morgan fingerprint density at radius 3 is 1.66 bits per heavy atom.